The molecule has 4 heteroatoms. The van der Waals surface area contributed by atoms with Crippen molar-refractivity contribution in [3.05, 3.63) is 192 Å². The predicted octanol–water partition coefficient (Wildman–Crippen LogP) is 8.68. The Kier molecular flexibility index (Phi) is 7.09. The molecule has 0 atom stereocenters. The molecular weight excluding hydrogens is 557 g/mol. The Morgan fingerprint density at radius 3 is 1.32 bits per heavy atom. The summed E-state index contributed by atoms with van der Waals surface area (Å²) < 4.78 is 13.1. The van der Waals surface area contributed by atoms with E-state index >= 15 is 0 Å². The molecule has 0 spiro atoms. The molecule has 0 saturated heterocycles. The standard InChI is InChI=1S/C40H36NO2P/c1-42-38-29-35(40(32-18-8-3-9-19-32,33-20-10-4-11-21-33)34-22-12-5-13-23-34)28-31-30-44(43-2,41-39(31)38,36-24-14-6-15-25-36)37-26-16-7-17-27-37/h3-29,41H,30H2,1-2H3. The summed E-state index contributed by atoms with van der Waals surface area (Å²) in [6.45, 7) is -3.43. The van der Waals surface area contributed by atoms with E-state index in [1.54, 1.807) is 7.11 Å². The van der Waals surface area contributed by atoms with Gasteiger partial charge in [0, 0.05) is 0 Å². The van der Waals surface area contributed by atoms with Crippen molar-refractivity contribution in [2.24, 2.45) is 0 Å². The average molecular weight is 594 g/mol. The van der Waals surface area contributed by atoms with Gasteiger partial charge < -0.3 is 0 Å². The van der Waals surface area contributed by atoms with E-state index in [0.717, 1.165) is 27.6 Å². The van der Waals surface area contributed by atoms with Gasteiger partial charge in [0.1, 0.15) is 0 Å². The number of hydrogen-bond donors (Lipinski definition) is 1. The Labute approximate surface area is 260 Å². The van der Waals surface area contributed by atoms with Crippen molar-refractivity contribution in [3.8, 4) is 5.75 Å². The molecule has 0 aliphatic carbocycles. The summed E-state index contributed by atoms with van der Waals surface area (Å²) in [7, 11) is 3.62. The van der Waals surface area contributed by atoms with E-state index in [9.17, 15) is 0 Å². The number of hydrogen-bond acceptors (Lipinski definition) is 3. The molecule has 218 valence electrons. The van der Waals surface area contributed by atoms with Crippen LogP contribution in [0.4, 0.5) is 5.69 Å². The van der Waals surface area contributed by atoms with Crippen LogP contribution in [0.5, 0.6) is 5.75 Å². The van der Waals surface area contributed by atoms with Crippen LogP contribution in [0.25, 0.3) is 0 Å². The molecule has 0 aromatic heterocycles. The van der Waals surface area contributed by atoms with Gasteiger partial charge in [-0.15, -0.1) is 0 Å². The number of methoxy groups -OCH3 is 1. The van der Waals surface area contributed by atoms with Crippen molar-refractivity contribution in [1.29, 1.82) is 0 Å². The van der Waals surface area contributed by atoms with Crippen LogP contribution in [0.2, 0.25) is 0 Å². The Morgan fingerprint density at radius 1 is 0.523 bits per heavy atom. The summed E-state index contributed by atoms with van der Waals surface area (Å²) in [6, 6.07) is 58.4. The molecule has 0 radical (unpaired) electrons. The van der Waals surface area contributed by atoms with E-state index in [1.807, 2.05) is 7.11 Å². The number of benzene rings is 6. The maximum atomic E-state index is 6.88. The van der Waals surface area contributed by atoms with Gasteiger partial charge in [-0.2, -0.15) is 0 Å². The van der Waals surface area contributed by atoms with Crippen molar-refractivity contribution in [2.45, 2.75) is 11.6 Å². The van der Waals surface area contributed by atoms with Crippen LogP contribution in [0, 0.1) is 0 Å². The van der Waals surface area contributed by atoms with Crippen molar-refractivity contribution in [3.63, 3.8) is 0 Å². The van der Waals surface area contributed by atoms with Crippen molar-refractivity contribution in [2.75, 3.05) is 19.3 Å². The van der Waals surface area contributed by atoms with Crippen LogP contribution >= 0.6 is 6.98 Å². The molecule has 7 rings (SSSR count). The summed E-state index contributed by atoms with van der Waals surface area (Å²) >= 11 is 0. The molecule has 6 aromatic rings. The van der Waals surface area contributed by atoms with Crippen LogP contribution in [-0.4, -0.2) is 14.2 Å². The number of nitrogens with one attached hydrogen (secondary N) is 1. The second kappa shape index (κ2) is 11.1. The first-order valence-electron chi connectivity index (χ1n) is 15.0. The zero-order valence-corrected chi connectivity index (χ0v) is 26.0. The summed E-state index contributed by atoms with van der Waals surface area (Å²) in [6.07, 6.45) is 0.699. The fourth-order valence-electron chi connectivity index (χ4n) is 7.24. The zero-order valence-electron chi connectivity index (χ0n) is 25.1. The monoisotopic (exact) mass is 593 g/mol. The van der Waals surface area contributed by atoms with E-state index < -0.39 is 12.4 Å². The van der Waals surface area contributed by atoms with Crippen LogP contribution in [0.3, 0.4) is 0 Å². The van der Waals surface area contributed by atoms with Crippen LogP contribution in [0.15, 0.2) is 164 Å². The van der Waals surface area contributed by atoms with Crippen LogP contribution in [-0.2, 0) is 16.1 Å². The number of fused-ring (bicyclic) bond motifs is 1. The number of ether oxygens (including phenoxy) is 1. The van der Waals surface area contributed by atoms with Gasteiger partial charge in [-0.25, -0.2) is 0 Å². The quantitative estimate of drug-likeness (QED) is 0.142. The molecule has 0 saturated carbocycles. The first-order chi connectivity index (χ1) is 21.6. The molecule has 0 bridgehead atoms. The molecule has 1 N–H and O–H groups in total. The van der Waals surface area contributed by atoms with Gasteiger partial charge >= 0.3 is 261 Å². The Bertz CT molecular complexity index is 1740. The fraction of sp³-hybridized carbons (Fsp3) is 0.100. The van der Waals surface area contributed by atoms with Gasteiger partial charge in [-0.05, 0) is 0 Å². The molecule has 6 aromatic carbocycles. The second-order valence-corrected chi connectivity index (χ2v) is 15.8. The maximum absolute atomic E-state index is 6.88. The average Bonchev–Trinajstić information content (AvgIpc) is 3.48. The first kappa shape index (κ1) is 28.1. The van der Waals surface area contributed by atoms with Gasteiger partial charge in [0.25, 0.3) is 0 Å². The number of rotatable bonds is 8. The second-order valence-electron chi connectivity index (χ2n) is 11.4. The Hall–Kier alpha value is -4.69. The van der Waals surface area contributed by atoms with Crippen molar-refractivity contribution in [1.82, 2.24) is 0 Å². The summed E-state index contributed by atoms with van der Waals surface area (Å²) in [5, 5.41) is 6.36. The molecule has 1 heterocycles. The molecule has 0 unspecified atom stereocenters. The minimum absolute atomic E-state index is 0.586. The van der Waals surface area contributed by atoms with Crippen LogP contribution < -0.4 is 20.4 Å². The topological polar surface area (TPSA) is 30.5 Å². The van der Waals surface area contributed by atoms with Gasteiger partial charge in [0.15, 0.2) is 0 Å². The first-order valence-corrected chi connectivity index (χ1v) is 17.3. The molecule has 44 heavy (non-hydrogen) atoms. The van der Waals surface area contributed by atoms with E-state index in [2.05, 4.69) is 169 Å². The third-order valence-corrected chi connectivity index (χ3v) is 14.5. The van der Waals surface area contributed by atoms with Crippen molar-refractivity contribution >= 4 is 23.3 Å². The third kappa shape index (κ3) is 4.12. The SMILES string of the molecule is COc1cc(C(c2ccccc2)(c2ccccc2)c2ccccc2)cc2c1NP(OC)(c1ccccc1)(c1ccccc1)C2. The summed E-state index contributed by atoms with van der Waals surface area (Å²) in [5.74, 6) is 0.806. The van der Waals surface area contributed by atoms with Gasteiger partial charge in [-0.3, -0.25) is 0 Å². The van der Waals surface area contributed by atoms with E-state index in [1.165, 1.54) is 22.3 Å². The Balaban J connectivity index is 1.55. The molecular formula is C40H36NO2P. The summed E-state index contributed by atoms with van der Waals surface area (Å²) in [5.41, 5.74) is 6.32. The molecule has 0 fully saturated rings. The predicted molar refractivity (Wildman–Crippen MR) is 185 cm³/mol. The molecule has 3 nitrogen and oxygen atoms in total. The van der Waals surface area contributed by atoms with Crippen LogP contribution in [0.1, 0.15) is 27.8 Å². The molecule has 1 aliphatic rings. The zero-order chi connectivity index (χ0) is 30.1. The van der Waals surface area contributed by atoms with E-state index in [4.69, 9.17) is 9.26 Å². The molecule has 1 aliphatic heterocycles. The summed E-state index contributed by atoms with van der Waals surface area (Å²) in [4.78, 5) is 0. The number of anilines is 1. The normalized spacial score (nSPS) is 15.7. The molecule has 0 amide bonds. The van der Waals surface area contributed by atoms with E-state index in [0.29, 0.717) is 6.16 Å². The van der Waals surface area contributed by atoms with Gasteiger partial charge in [0.2, 0.25) is 0 Å². The van der Waals surface area contributed by atoms with Gasteiger partial charge in [-0.1, -0.05) is 0 Å². The van der Waals surface area contributed by atoms with E-state index in [-0.39, 0.29) is 0 Å². The minimum atomic E-state index is -3.43. The van der Waals surface area contributed by atoms with Gasteiger partial charge in [0.05, 0.1) is 0 Å². The fourth-order valence-corrected chi connectivity index (χ4v) is 12.1. The third-order valence-electron chi connectivity index (χ3n) is 9.29. The Morgan fingerprint density at radius 2 is 0.932 bits per heavy atom. The van der Waals surface area contributed by atoms with Crippen molar-refractivity contribution < 1.29 is 9.26 Å².